The number of carbonyl (C=O) groups is 1. The molecule has 150 valence electrons. The van der Waals surface area contributed by atoms with E-state index in [9.17, 15) is 13.2 Å². The quantitative estimate of drug-likeness (QED) is 0.637. The van der Waals surface area contributed by atoms with Crippen LogP contribution in [0.1, 0.15) is 12.5 Å². The van der Waals surface area contributed by atoms with Crippen LogP contribution in [0.3, 0.4) is 0 Å². The highest BCUT2D eigenvalue weighted by molar-refractivity contribution is 7.90. The zero-order chi connectivity index (χ0) is 20.9. The number of anilines is 1. The molecular weight excluding hydrogens is 394 g/mol. The summed E-state index contributed by atoms with van der Waals surface area (Å²) in [6.07, 6.45) is 0. The Morgan fingerprint density at radius 2 is 1.69 bits per heavy atom. The lowest BCUT2D eigenvalue weighted by Crippen LogP contribution is -2.35. The summed E-state index contributed by atoms with van der Waals surface area (Å²) < 4.78 is 32.0. The van der Waals surface area contributed by atoms with Crippen LogP contribution in [0.4, 0.5) is 10.7 Å². The van der Waals surface area contributed by atoms with E-state index in [0.717, 1.165) is 5.56 Å². The molecule has 0 fully saturated rings. The van der Waals surface area contributed by atoms with Gasteiger partial charge in [0, 0.05) is 5.56 Å². The van der Waals surface area contributed by atoms with E-state index in [0.29, 0.717) is 12.2 Å². The summed E-state index contributed by atoms with van der Waals surface area (Å²) in [5.74, 6) is 0.139. The van der Waals surface area contributed by atoms with Gasteiger partial charge < -0.3 is 4.74 Å². The molecule has 0 aliphatic heterocycles. The maximum absolute atomic E-state index is 12.4. The van der Waals surface area contributed by atoms with Crippen molar-refractivity contribution in [2.24, 2.45) is 0 Å². The highest BCUT2D eigenvalue weighted by Crippen LogP contribution is 2.18. The van der Waals surface area contributed by atoms with Crippen LogP contribution in [-0.4, -0.2) is 36.0 Å². The molecule has 1 aromatic heterocycles. The maximum atomic E-state index is 12.4. The second kappa shape index (κ2) is 8.65. The predicted molar refractivity (Wildman–Crippen MR) is 107 cm³/mol. The van der Waals surface area contributed by atoms with Gasteiger partial charge in [-0.3, -0.25) is 5.32 Å². The molecule has 0 bridgehead atoms. The molecule has 0 unspecified atom stereocenters. The van der Waals surface area contributed by atoms with Crippen molar-refractivity contribution in [3.63, 3.8) is 0 Å². The number of benzene rings is 2. The van der Waals surface area contributed by atoms with E-state index in [2.05, 4.69) is 20.3 Å². The van der Waals surface area contributed by atoms with Crippen LogP contribution in [-0.2, 0) is 10.0 Å². The first-order valence-corrected chi connectivity index (χ1v) is 10.2. The second-order valence-corrected chi connectivity index (χ2v) is 7.62. The molecule has 2 aromatic carbocycles. The summed E-state index contributed by atoms with van der Waals surface area (Å²) in [7, 11) is -4.04. The maximum Gasteiger partial charge on any atom is 0.335 e. The van der Waals surface area contributed by atoms with E-state index in [1.165, 1.54) is 12.1 Å². The van der Waals surface area contributed by atoms with Gasteiger partial charge in [0.25, 0.3) is 10.0 Å². The molecule has 0 saturated carbocycles. The lowest BCUT2D eigenvalue weighted by Gasteiger charge is -2.10. The van der Waals surface area contributed by atoms with Gasteiger partial charge in [0.05, 0.1) is 11.5 Å². The van der Waals surface area contributed by atoms with Gasteiger partial charge in [0.1, 0.15) is 0 Å². The van der Waals surface area contributed by atoms with Crippen LogP contribution in [0.5, 0.6) is 6.01 Å². The lowest BCUT2D eigenvalue weighted by atomic mass is 10.2. The van der Waals surface area contributed by atoms with Gasteiger partial charge in [-0.25, -0.2) is 17.9 Å². The minimum Gasteiger partial charge on any atom is -0.464 e. The Kier molecular flexibility index (Phi) is 6.03. The Morgan fingerprint density at radius 1 is 1.00 bits per heavy atom. The molecule has 0 atom stereocenters. The average molecular weight is 413 g/mol. The summed E-state index contributed by atoms with van der Waals surface area (Å²) in [5.41, 5.74) is 1.59. The van der Waals surface area contributed by atoms with Crippen LogP contribution in [0, 0.1) is 6.92 Å². The number of urea groups is 1. The average Bonchev–Trinajstić information content (AvgIpc) is 2.68. The minimum absolute atomic E-state index is 0.0121. The van der Waals surface area contributed by atoms with Gasteiger partial charge in [-0.1, -0.05) is 48.0 Å². The predicted octanol–water partition coefficient (Wildman–Crippen LogP) is 2.76. The van der Waals surface area contributed by atoms with Crippen LogP contribution in [0.2, 0.25) is 0 Å². The highest BCUT2D eigenvalue weighted by Gasteiger charge is 2.19. The highest BCUT2D eigenvalue weighted by atomic mass is 32.2. The van der Waals surface area contributed by atoms with Crippen molar-refractivity contribution in [2.45, 2.75) is 18.7 Å². The van der Waals surface area contributed by atoms with Crippen LogP contribution in [0.25, 0.3) is 11.4 Å². The number of ether oxygens (including phenoxy) is 1. The van der Waals surface area contributed by atoms with Crippen molar-refractivity contribution >= 4 is 22.0 Å². The third-order valence-electron chi connectivity index (χ3n) is 3.70. The van der Waals surface area contributed by atoms with Crippen molar-refractivity contribution in [1.29, 1.82) is 0 Å². The Balaban J connectivity index is 1.82. The first-order chi connectivity index (χ1) is 13.9. The first-order valence-electron chi connectivity index (χ1n) is 8.72. The Hall–Kier alpha value is -3.53. The number of carbonyl (C=O) groups excluding carboxylic acids is 1. The standard InChI is InChI=1S/C19H19N5O4S/c1-3-28-19-21-16(14-7-5-4-6-8-14)20-17(23-19)22-18(25)24-29(26,27)15-11-9-13(2)10-12-15/h4-12H,3H2,1-2H3,(H2,20,21,22,23,24,25). The fourth-order valence-electron chi connectivity index (χ4n) is 2.35. The number of hydrogen-bond donors (Lipinski definition) is 2. The number of nitrogens with zero attached hydrogens (tertiary/aromatic N) is 3. The van der Waals surface area contributed by atoms with Gasteiger partial charge >= 0.3 is 12.0 Å². The number of aromatic nitrogens is 3. The molecular formula is C19H19N5O4S. The van der Waals surface area contributed by atoms with E-state index < -0.39 is 16.1 Å². The molecule has 2 amide bonds. The molecule has 0 spiro atoms. The summed E-state index contributed by atoms with van der Waals surface area (Å²) in [5, 5.41) is 2.32. The van der Waals surface area contributed by atoms with E-state index in [1.807, 2.05) is 29.8 Å². The minimum atomic E-state index is -4.04. The van der Waals surface area contributed by atoms with E-state index in [1.54, 1.807) is 31.2 Å². The summed E-state index contributed by atoms with van der Waals surface area (Å²) >= 11 is 0. The monoisotopic (exact) mass is 413 g/mol. The number of aryl methyl sites for hydroxylation is 1. The molecule has 2 N–H and O–H groups in total. The van der Waals surface area contributed by atoms with Crippen molar-refractivity contribution in [3.8, 4) is 17.4 Å². The molecule has 0 radical (unpaired) electrons. The van der Waals surface area contributed by atoms with Gasteiger partial charge in [-0.05, 0) is 26.0 Å². The van der Waals surface area contributed by atoms with Gasteiger partial charge in [-0.15, -0.1) is 0 Å². The molecule has 29 heavy (non-hydrogen) atoms. The summed E-state index contributed by atoms with van der Waals surface area (Å²) in [6.45, 7) is 3.91. The number of sulfonamides is 1. The van der Waals surface area contributed by atoms with Gasteiger partial charge in [-0.2, -0.15) is 15.0 Å². The first kappa shape index (κ1) is 20.2. The van der Waals surface area contributed by atoms with E-state index in [4.69, 9.17) is 4.74 Å². The Labute approximate surface area is 168 Å². The van der Waals surface area contributed by atoms with Crippen molar-refractivity contribution in [3.05, 3.63) is 60.2 Å². The summed E-state index contributed by atoms with van der Waals surface area (Å²) in [4.78, 5) is 24.6. The van der Waals surface area contributed by atoms with E-state index in [-0.39, 0.29) is 22.7 Å². The van der Waals surface area contributed by atoms with Crippen LogP contribution >= 0.6 is 0 Å². The van der Waals surface area contributed by atoms with Crippen LogP contribution in [0.15, 0.2) is 59.5 Å². The van der Waals surface area contributed by atoms with Crippen LogP contribution < -0.4 is 14.8 Å². The molecule has 3 rings (SSSR count). The Bertz CT molecular complexity index is 1100. The molecule has 0 aliphatic rings. The zero-order valence-corrected chi connectivity index (χ0v) is 16.6. The number of amides is 2. The molecule has 10 heteroatoms. The SMILES string of the molecule is CCOc1nc(NC(=O)NS(=O)(=O)c2ccc(C)cc2)nc(-c2ccccc2)n1. The molecule has 9 nitrogen and oxygen atoms in total. The van der Waals surface area contributed by atoms with Gasteiger partial charge in [0.15, 0.2) is 5.82 Å². The van der Waals surface area contributed by atoms with E-state index >= 15 is 0 Å². The summed E-state index contributed by atoms with van der Waals surface area (Å²) in [6, 6.07) is 14.2. The molecule has 3 aromatic rings. The topological polar surface area (TPSA) is 123 Å². The fraction of sp³-hybridized carbons (Fsp3) is 0.158. The van der Waals surface area contributed by atoms with Gasteiger partial charge in [0.2, 0.25) is 5.95 Å². The third kappa shape index (κ3) is 5.26. The van der Waals surface area contributed by atoms with Crippen molar-refractivity contribution in [2.75, 3.05) is 11.9 Å². The Morgan fingerprint density at radius 3 is 2.34 bits per heavy atom. The number of nitrogens with one attached hydrogen (secondary N) is 2. The van der Waals surface area contributed by atoms with Crippen molar-refractivity contribution in [1.82, 2.24) is 19.7 Å². The molecule has 1 heterocycles. The van der Waals surface area contributed by atoms with Crippen molar-refractivity contribution < 1.29 is 17.9 Å². The third-order valence-corrected chi connectivity index (χ3v) is 5.05. The lowest BCUT2D eigenvalue weighted by molar-refractivity contribution is 0.256. The normalized spacial score (nSPS) is 11.0. The zero-order valence-electron chi connectivity index (χ0n) is 15.8. The number of rotatable bonds is 6. The smallest absolute Gasteiger partial charge is 0.335 e. The fourth-order valence-corrected chi connectivity index (χ4v) is 3.26. The molecule has 0 aliphatic carbocycles. The number of hydrogen-bond acceptors (Lipinski definition) is 7. The molecule has 0 saturated heterocycles. The second-order valence-electron chi connectivity index (χ2n) is 5.94. The largest absolute Gasteiger partial charge is 0.464 e.